The summed E-state index contributed by atoms with van der Waals surface area (Å²) in [6.07, 6.45) is 1.22. The average molecular weight is 402 g/mol. The Morgan fingerprint density at radius 3 is 2.66 bits per heavy atom. The van der Waals surface area contributed by atoms with E-state index in [2.05, 4.69) is 16.0 Å². The van der Waals surface area contributed by atoms with Crippen LogP contribution in [0.3, 0.4) is 0 Å². The van der Waals surface area contributed by atoms with Crippen molar-refractivity contribution in [1.82, 2.24) is 20.9 Å². The molecular formula is C20H26N4O5. The number of hydrogen-bond acceptors (Lipinski definition) is 7. The van der Waals surface area contributed by atoms with E-state index in [0.717, 1.165) is 23.4 Å². The van der Waals surface area contributed by atoms with E-state index in [1.165, 1.54) is 0 Å². The molecule has 0 aliphatic carbocycles. The number of carbonyl (C=O) groups excluding carboxylic acids is 4. The number of fused-ring (bicyclic) bond motifs is 1. The molecule has 2 aliphatic heterocycles. The summed E-state index contributed by atoms with van der Waals surface area (Å²) in [5.74, 6) is -1.97. The van der Waals surface area contributed by atoms with Crippen molar-refractivity contribution in [2.45, 2.75) is 31.8 Å². The van der Waals surface area contributed by atoms with Crippen LogP contribution in [0.15, 0.2) is 18.2 Å². The van der Waals surface area contributed by atoms with Crippen LogP contribution in [0, 0.1) is 0 Å². The smallest absolute Gasteiger partial charge is 0.262 e. The predicted octanol–water partition coefficient (Wildman–Crippen LogP) is -0.196. The number of amides is 4. The van der Waals surface area contributed by atoms with Crippen LogP contribution < -0.4 is 16.0 Å². The predicted molar refractivity (Wildman–Crippen MR) is 104 cm³/mol. The maximum atomic E-state index is 12.8. The molecule has 0 radical (unpaired) electrons. The Morgan fingerprint density at radius 2 is 1.90 bits per heavy atom. The van der Waals surface area contributed by atoms with E-state index >= 15 is 0 Å². The van der Waals surface area contributed by atoms with Gasteiger partial charge < -0.3 is 15.4 Å². The monoisotopic (exact) mass is 402 g/mol. The Morgan fingerprint density at radius 1 is 1.10 bits per heavy atom. The third-order valence-electron chi connectivity index (χ3n) is 4.97. The summed E-state index contributed by atoms with van der Waals surface area (Å²) >= 11 is 0. The highest BCUT2D eigenvalue weighted by Gasteiger charge is 2.44. The first kappa shape index (κ1) is 21.1. The molecule has 0 aromatic heterocycles. The highest BCUT2D eigenvalue weighted by atomic mass is 16.5. The van der Waals surface area contributed by atoms with Crippen molar-refractivity contribution in [3.8, 4) is 0 Å². The van der Waals surface area contributed by atoms with Gasteiger partial charge in [-0.15, -0.1) is 0 Å². The minimum Gasteiger partial charge on any atom is -0.380 e. The van der Waals surface area contributed by atoms with Gasteiger partial charge >= 0.3 is 0 Å². The van der Waals surface area contributed by atoms with Crippen molar-refractivity contribution in [2.75, 3.05) is 33.4 Å². The first-order valence-corrected chi connectivity index (χ1v) is 9.80. The zero-order chi connectivity index (χ0) is 20.8. The largest absolute Gasteiger partial charge is 0.380 e. The number of benzene rings is 1. The second-order valence-electron chi connectivity index (χ2n) is 7.07. The lowest BCUT2D eigenvalue weighted by Gasteiger charge is -2.27. The molecule has 1 fully saturated rings. The number of piperidine rings is 1. The van der Waals surface area contributed by atoms with Gasteiger partial charge in [0.25, 0.3) is 11.8 Å². The van der Waals surface area contributed by atoms with Gasteiger partial charge in [-0.3, -0.25) is 29.4 Å². The molecule has 1 aromatic carbocycles. The number of imide groups is 2. The number of carbonyl (C=O) groups is 4. The average Bonchev–Trinajstić information content (AvgIpc) is 2.94. The lowest BCUT2D eigenvalue weighted by molar-refractivity contribution is -0.136. The maximum absolute atomic E-state index is 12.8. The SMILES string of the molecule is CNCCCOCCNCc1ccc2c(c1)C(=O)N(C1CCC(=O)NC1=O)C2=O. The van der Waals surface area contributed by atoms with Crippen molar-refractivity contribution >= 4 is 23.6 Å². The fraction of sp³-hybridized carbons (Fsp3) is 0.500. The molecule has 1 unspecified atom stereocenters. The third kappa shape index (κ3) is 4.87. The molecule has 0 bridgehead atoms. The van der Waals surface area contributed by atoms with Crippen LogP contribution in [0.4, 0.5) is 0 Å². The Bertz CT molecular complexity index is 810. The third-order valence-corrected chi connectivity index (χ3v) is 4.97. The van der Waals surface area contributed by atoms with Gasteiger partial charge in [-0.25, -0.2) is 0 Å². The second-order valence-corrected chi connectivity index (χ2v) is 7.07. The molecule has 1 atom stereocenters. The van der Waals surface area contributed by atoms with Crippen molar-refractivity contribution in [1.29, 1.82) is 0 Å². The summed E-state index contributed by atoms with van der Waals surface area (Å²) in [5.41, 5.74) is 1.45. The van der Waals surface area contributed by atoms with Crippen LogP contribution in [-0.4, -0.2) is 67.9 Å². The Balaban J connectivity index is 1.55. The molecule has 3 rings (SSSR count). The highest BCUT2D eigenvalue weighted by Crippen LogP contribution is 2.28. The minimum absolute atomic E-state index is 0.107. The Hall–Kier alpha value is -2.62. The molecule has 9 heteroatoms. The topological polar surface area (TPSA) is 117 Å². The van der Waals surface area contributed by atoms with Crippen LogP contribution >= 0.6 is 0 Å². The van der Waals surface area contributed by atoms with E-state index in [0.29, 0.717) is 31.9 Å². The zero-order valence-electron chi connectivity index (χ0n) is 16.5. The number of hydrogen-bond donors (Lipinski definition) is 3. The van der Waals surface area contributed by atoms with Crippen LogP contribution in [0.5, 0.6) is 0 Å². The van der Waals surface area contributed by atoms with Gasteiger partial charge in [0.1, 0.15) is 6.04 Å². The molecular weight excluding hydrogens is 376 g/mol. The summed E-state index contributed by atoms with van der Waals surface area (Å²) in [5, 5.41) is 8.50. The van der Waals surface area contributed by atoms with Crippen LogP contribution in [0.25, 0.3) is 0 Å². The van der Waals surface area contributed by atoms with Gasteiger partial charge in [0.15, 0.2) is 0 Å². The molecule has 4 amide bonds. The van der Waals surface area contributed by atoms with Gasteiger partial charge in [0.05, 0.1) is 17.7 Å². The van der Waals surface area contributed by atoms with E-state index in [1.54, 1.807) is 18.2 Å². The molecule has 0 saturated carbocycles. The van der Waals surface area contributed by atoms with E-state index < -0.39 is 23.8 Å². The zero-order valence-corrected chi connectivity index (χ0v) is 16.5. The maximum Gasteiger partial charge on any atom is 0.262 e. The summed E-state index contributed by atoms with van der Waals surface area (Å²) in [7, 11) is 1.90. The molecule has 2 aliphatic rings. The Kier molecular flexibility index (Phi) is 7.08. The number of nitrogens with one attached hydrogen (secondary N) is 3. The van der Waals surface area contributed by atoms with Gasteiger partial charge in [-0.05, 0) is 44.1 Å². The van der Waals surface area contributed by atoms with Crippen molar-refractivity contribution in [3.05, 3.63) is 34.9 Å². The minimum atomic E-state index is -0.943. The molecule has 156 valence electrons. The normalized spacial score (nSPS) is 18.9. The van der Waals surface area contributed by atoms with E-state index in [9.17, 15) is 19.2 Å². The van der Waals surface area contributed by atoms with Crippen LogP contribution in [0.2, 0.25) is 0 Å². The summed E-state index contributed by atoms with van der Waals surface area (Å²) < 4.78 is 5.51. The number of nitrogens with zero attached hydrogens (tertiary/aromatic N) is 1. The van der Waals surface area contributed by atoms with Crippen LogP contribution in [0.1, 0.15) is 45.5 Å². The Labute approximate surface area is 169 Å². The fourth-order valence-corrected chi connectivity index (χ4v) is 3.46. The highest BCUT2D eigenvalue weighted by molar-refractivity contribution is 6.23. The van der Waals surface area contributed by atoms with E-state index in [-0.39, 0.29) is 24.3 Å². The molecule has 29 heavy (non-hydrogen) atoms. The fourth-order valence-electron chi connectivity index (χ4n) is 3.46. The van der Waals surface area contributed by atoms with Gasteiger partial charge in [-0.2, -0.15) is 0 Å². The van der Waals surface area contributed by atoms with Crippen molar-refractivity contribution in [2.24, 2.45) is 0 Å². The molecule has 1 saturated heterocycles. The lowest BCUT2D eigenvalue weighted by atomic mass is 10.0. The van der Waals surface area contributed by atoms with Gasteiger partial charge in [0, 0.05) is 26.1 Å². The lowest BCUT2D eigenvalue weighted by Crippen LogP contribution is -2.54. The standard InChI is InChI=1S/C20H26N4O5/c1-21-7-2-9-29-10-8-22-12-13-3-4-14-15(11-13)20(28)24(19(14)27)16-5-6-17(25)23-18(16)26/h3-4,11,16,21-22H,2,5-10,12H2,1H3,(H,23,25,26). The van der Waals surface area contributed by atoms with Crippen LogP contribution in [-0.2, 0) is 20.9 Å². The van der Waals surface area contributed by atoms with E-state index in [4.69, 9.17) is 4.74 Å². The molecule has 2 heterocycles. The molecule has 9 nitrogen and oxygen atoms in total. The van der Waals surface area contributed by atoms with E-state index in [1.807, 2.05) is 7.05 Å². The van der Waals surface area contributed by atoms with Crippen molar-refractivity contribution in [3.63, 3.8) is 0 Å². The van der Waals surface area contributed by atoms with Crippen molar-refractivity contribution < 1.29 is 23.9 Å². The molecule has 3 N–H and O–H groups in total. The first-order valence-electron chi connectivity index (χ1n) is 9.80. The first-order chi connectivity index (χ1) is 14.0. The summed E-state index contributed by atoms with van der Waals surface area (Å²) in [6.45, 7) is 3.42. The van der Waals surface area contributed by atoms with Gasteiger partial charge in [0.2, 0.25) is 11.8 Å². The summed E-state index contributed by atoms with van der Waals surface area (Å²) in [6, 6.07) is 4.15. The molecule has 1 aromatic rings. The number of ether oxygens (including phenoxy) is 1. The molecule has 0 spiro atoms. The van der Waals surface area contributed by atoms with Gasteiger partial charge in [-0.1, -0.05) is 6.07 Å². The second kappa shape index (κ2) is 9.73. The quantitative estimate of drug-likeness (QED) is 0.367. The number of rotatable bonds is 10. The summed E-state index contributed by atoms with van der Waals surface area (Å²) in [4.78, 5) is 49.8.